The molecular formula is C5H9N2OP. The predicted octanol–water partition coefficient (Wildman–Crippen LogP) is 0.863. The highest BCUT2D eigenvalue weighted by Gasteiger charge is 1.95. The molecule has 0 aliphatic rings. The minimum absolute atomic E-state index is 0.738. The lowest BCUT2D eigenvalue weighted by Gasteiger charge is -1.86. The molecule has 0 aromatic carbocycles. The molecule has 0 radical (unpaired) electrons. The van der Waals surface area contributed by atoms with E-state index in [1.807, 2.05) is 13.0 Å². The molecule has 1 atom stereocenters. The standard InChI is InChI=1S/C5H9N2OP/c1-4-2-5(3-6-9)7-8-4/h2,6H,3,9H2,1H3. The molecule has 1 aromatic heterocycles. The maximum absolute atomic E-state index is 4.82. The van der Waals surface area contributed by atoms with Crippen LogP contribution in [0.4, 0.5) is 0 Å². The van der Waals surface area contributed by atoms with Crippen LogP contribution in [0.25, 0.3) is 0 Å². The van der Waals surface area contributed by atoms with Crippen LogP contribution in [0.3, 0.4) is 0 Å². The SMILES string of the molecule is Cc1cc(CNP)no1. The molecule has 9 heavy (non-hydrogen) atoms. The van der Waals surface area contributed by atoms with Gasteiger partial charge in [0.15, 0.2) is 0 Å². The largest absolute Gasteiger partial charge is 0.361 e. The van der Waals surface area contributed by atoms with Crippen molar-refractivity contribution in [3.8, 4) is 0 Å². The van der Waals surface area contributed by atoms with Gasteiger partial charge in [-0.05, 0) is 6.92 Å². The first-order valence-electron chi connectivity index (χ1n) is 2.68. The third kappa shape index (κ3) is 1.77. The molecule has 0 amide bonds. The number of nitrogens with one attached hydrogen (secondary N) is 1. The summed E-state index contributed by atoms with van der Waals surface area (Å²) in [6.45, 7) is 2.61. The average molecular weight is 144 g/mol. The number of nitrogens with zero attached hydrogens (tertiary/aromatic N) is 1. The van der Waals surface area contributed by atoms with Crippen LogP contribution in [0.1, 0.15) is 11.5 Å². The Labute approximate surface area is 56.1 Å². The quantitative estimate of drug-likeness (QED) is 0.625. The molecule has 4 heteroatoms. The van der Waals surface area contributed by atoms with Crippen molar-refractivity contribution >= 4 is 9.39 Å². The van der Waals surface area contributed by atoms with Crippen molar-refractivity contribution < 1.29 is 4.52 Å². The Hall–Kier alpha value is -0.400. The van der Waals surface area contributed by atoms with Crippen LogP contribution in [0.2, 0.25) is 0 Å². The van der Waals surface area contributed by atoms with Crippen molar-refractivity contribution in [1.29, 1.82) is 0 Å². The van der Waals surface area contributed by atoms with Crippen molar-refractivity contribution in [2.45, 2.75) is 13.5 Å². The van der Waals surface area contributed by atoms with Crippen molar-refractivity contribution in [1.82, 2.24) is 10.2 Å². The second-order valence-corrected chi connectivity index (χ2v) is 2.22. The topological polar surface area (TPSA) is 38.1 Å². The van der Waals surface area contributed by atoms with Gasteiger partial charge in [-0.3, -0.25) is 5.09 Å². The molecule has 0 fully saturated rings. The fraction of sp³-hybridized carbons (Fsp3) is 0.400. The molecule has 0 aliphatic heterocycles. The van der Waals surface area contributed by atoms with Crippen molar-refractivity contribution in [2.24, 2.45) is 0 Å². The second-order valence-electron chi connectivity index (χ2n) is 1.81. The highest BCUT2D eigenvalue weighted by atomic mass is 31.0. The van der Waals surface area contributed by atoms with Crippen LogP contribution < -0.4 is 5.09 Å². The molecule has 1 rings (SSSR count). The normalized spacial score (nSPS) is 10.0. The van der Waals surface area contributed by atoms with Gasteiger partial charge in [-0.15, -0.1) is 0 Å². The molecule has 0 spiro atoms. The van der Waals surface area contributed by atoms with E-state index in [0.29, 0.717) is 0 Å². The van der Waals surface area contributed by atoms with Crippen LogP contribution >= 0.6 is 9.39 Å². The van der Waals surface area contributed by atoms with E-state index in [1.54, 1.807) is 0 Å². The first kappa shape index (κ1) is 6.72. The van der Waals surface area contributed by atoms with Gasteiger partial charge >= 0.3 is 0 Å². The van der Waals surface area contributed by atoms with Gasteiger partial charge in [0.2, 0.25) is 0 Å². The van der Waals surface area contributed by atoms with Gasteiger partial charge in [-0.1, -0.05) is 14.5 Å². The summed E-state index contributed by atoms with van der Waals surface area (Å²) >= 11 is 0. The van der Waals surface area contributed by atoms with E-state index < -0.39 is 0 Å². The summed E-state index contributed by atoms with van der Waals surface area (Å²) in [6, 6.07) is 1.90. The zero-order valence-electron chi connectivity index (χ0n) is 5.22. The van der Waals surface area contributed by atoms with E-state index in [-0.39, 0.29) is 0 Å². The van der Waals surface area contributed by atoms with E-state index in [9.17, 15) is 0 Å². The monoisotopic (exact) mass is 144 g/mol. The van der Waals surface area contributed by atoms with Crippen molar-refractivity contribution in [3.63, 3.8) is 0 Å². The summed E-state index contributed by atoms with van der Waals surface area (Å²) in [5.41, 5.74) is 0.933. The fourth-order valence-corrected chi connectivity index (χ4v) is 0.815. The van der Waals surface area contributed by atoms with Gasteiger partial charge in [-0.2, -0.15) is 0 Å². The molecule has 1 unspecified atom stereocenters. The third-order valence-corrected chi connectivity index (χ3v) is 1.16. The predicted molar refractivity (Wildman–Crippen MR) is 37.8 cm³/mol. The lowest BCUT2D eigenvalue weighted by atomic mass is 10.4. The lowest BCUT2D eigenvalue weighted by Crippen LogP contribution is -1.96. The highest BCUT2D eigenvalue weighted by Crippen LogP contribution is 2.00. The van der Waals surface area contributed by atoms with Crippen LogP contribution in [-0.4, -0.2) is 5.16 Å². The summed E-state index contributed by atoms with van der Waals surface area (Å²) in [6.07, 6.45) is 0. The third-order valence-electron chi connectivity index (χ3n) is 0.960. The number of rotatable bonds is 2. The van der Waals surface area contributed by atoms with Crippen molar-refractivity contribution in [3.05, 3.63) is 17.5 Å². The van der Waals surface area contributed by atoms with Crippen molar-refractivity contribution in [2.75, 3.05) is 0 Å². The Bertz CT molecular complexity index is 187. The minimum Gasteiger partial charge on any atom is -0.361 e. The van der Waals surface area contributed by atoms with E-state index in [4.69, 9.17) is 4.52 Å². The molecule has 0 saturated carbocycles. The highest BCUT2D eigenvalue weighted by molar-refractivity contribution is 7.13. The average Bonchev–Trinajstić information content (AvgIpc) is 2.17. The first-order chi connectivity index (χ1) is 4.33. The van der Waals surface area contributed by atoms with Crippen LogP contribution in [0.5, 0.6) is 0 Å². The molecular weight excluding hydrogens is 135 g/mol. The molecule has 50 valence electrons. The molecule has 1 aromatic rings. The number of aromatic nitrogens is 1. The maximum Gasteiger partial charge on any atom is 0.133 e. The summed E-state index contributed by atoms with van der Waals surface area (Å²) in [5, 5.41) is 6.65. The summed E-state index contributed by atoms with van der Waals surface area (Å²) in [7, 11) is 2.41. The smallest absolute Gasteiger partial charge is 0.133 e. The minimum atomic E-state index is 0.738. The van der Waals surface area contributed by atoms with Crippen LogP contribution in [0, 0.1) is 6.92 Å². The lowest BCUT2D eigenvalue weighted by molar-refractivity contribution is 0.390. The Balaban J connectivity index is 2.61. The zero-order valence-corrected chi connectivity index (χ0v) is 6.37. The second kappa shape index (κ2) is 2.95. The van der Waals surface area contributed by atoms with Gasteiger partial charge < -0.3 is 4.52 Å². The first-order valence-corrected chi connectivity index (χ1v) is 3.26. The van der Waals surface area contributed by atoms with Crippen LogP contribution in [0.15, 0.2) is 10.6 Å². The Morgan fingerprint density at radius 1 is 1.89 bits per heavy atom. The zero-order chi connectivity index (χ0) is 6.69. The van der Waals surface area contributed by atoms with Gasteiger partial charge in [0.25, 0.3) is 0 Å². The Morgan fingerprint density at radius 2 is 2.67 bits per heavy atom. The molecule has 1 N–H and O–H groups in total. The summed E-state index contributed by atoms with van der Waals surface area (Å²) < 4.78 is 4.82. The molecule has 0 aliphatic carbocycles. The fourth-order valence-electron chi connectivity index (χ4n) is 0.606. The van der Waals surface area contributed by atoms with Crippen LogP contribution in [-0.2, 0) is 6.54 Å². The van der Waals surface area contributed by atoms with Gasteiger partial charge in [0.1, 0.15) is 5.76 Å². The van der Waals surface area contributed by atoms with E-state index in [0.717, 1.165) is 18.0 Å². The summed E-state index contributed by atoms with van der Waals surface area (Å²) in [5.74, 6) is 0.852. The molecule has 1 heterocycles. The summed E-state index contributed by atoms with van der Waals surface area (Å²) in [4.78, 5) is 0. The Morgan fingerprint density at radius 3 is 3.11 bits per heavy atom. The maximum atomic E-state index is 4.82. The molecule has 0 saturated heterocycles. The van der Waals surface area contributed by atoms with E-state index in [2.05, 4.69) is 19.6 Å². The van der Waals surface area contributed by atoms with Gasteiger partial charge in [0, 0.05) is 12.6 Å². The Kier molecular flexibility index (Phi) is 2.20. The van der Waals surface area contributed by atoms with E-state index >= 15 is 0 Å². The number of hydrogen-bond donors (Lipinski definition) is 1. The molecule has 3 nitrogen and oxygen atoms in total. The van der Waals surface area contributed by atoms with Gasteiger partial charge in [0.05, 0.1) is 5.69 Å². The number of hydrogen-bond acceptors (Lipinski definition) is 3. The molecule has 0 bridgehead atoms. The van der Waals surface area contributed by atoms with E-state index in [1.165, 1.54) is 0 Å². The van der Waals surface area contributed by atoms with Gasteiger partial charge in [-0.25, -0.2) is 0 Å². The number of aryl methyl sites for hydroxylation is 1.